The van der Waals surface area contributed by atoms with Gasteiger partial charge in [-0.05, 0) is 26.7 Å². The van der Waals surface area contributed by atoms with Crippen molar-refractivity contribution in [3.05, 3.63) is 0 Å². The van der Waals surface area contributed by atoms with Crippen LogP contribution in [0.15, 0.2) is 0 Å². The molecule has 0 bridgehead atoms. The van der Waals surface area contributed by atoms with Gasteiger partial charge < -0.3 is 21.1 Å². The number of anilines is 2. The molecule has 1 aliphatic rings. The zero-order chi connectivity index (χ0) is 14.7. The van der Waals surface area contributed by atoms with Crippen molar-refractivity contribution in [1.82, 2.24) is 15.0 Å². The van der Waals surface area contributed by atoms with Crippen LogP contribution in [0.5, 0.6) is 6.01 Å². The molecule has 8 heteroatoms. The highest BCUT2D eigenvalue weighted by atomic mass is 16.5. The van der Waals surface area contributed by atoms with Gasteiger partial charge in [0.25, 0.3) is 0 Å². The monoisotopic (exact) mass is 280 g/mol. The number of ether oxygens (including phenoxy) is 1. The van der Waals surface area contributed by atoms with Gasteiger partial charge in [0.05, 0.1) is 6.10 Å². The molecule has 0 aliphatic carbocycles. The van der Waals surface area contributed by atoms with E-state index < -0.39 is 0 Å². The number of piperidine rings is 1. The lowest BCUT2D eigenvalue weighted by Gasteiger charge is -2.30. The Labute approximate surface area is 117 Å². The summed E-state index contributed by atoms with van der Waals surface area (Å²) >= 11 is 0. The summed E-state index contributed by atoms with van der Waals surface area (Å²) in [5.74, 6) is 0.291. The molecule has 1 fully saturated rings. The van der Waals surface area contributed by atoms with Crippen molar-refractivity contribution in [1.29, 1.82) is 0 Å². The van der Waals surface area contributed by atoms with Gasteiger partial charge in [0.15, 0.2) is 0 Å². The molecule has 110 valence electrons. The van der Waals surface area contributed by atoms with Gasteiger partial charge in [0.2, 0.25) is 17.8 Å². The van der Waals surface area contributed by atoms with Crippen LogP contribution in [0.3, 0.4) is 0 Å². The molecule has 2 heterocycles. The van der Waals surface area contributed by atoms with E-state index in [1.807, 2.05) is 18.7 Å². The van der Waals surface area contributed by atoms with Crippen LogP contribution < -0.4 is 21.1 Å². The Morgan fingerprint density at radius 1 is 1.30 bits per heavy atom. The van der Waals surface area contributed by atoms with Gasteiger partial charge >= 0.3 is 6.01 Å². The Morgan fingerprint density at radius 3 is 2.50 bits per heavy atom. The number of carbonyl (C=O) groups is 1. The van der Waals surface area contributed by atoms with Crippen LogP contribution in [0.4, 0.5) is 11.9 Å². The first-order chi connectivity index (χ1) is 9.45. The molecule has 1 saturated heterocycles. The molecule has 2 rings (SSSR count). The fraction of sp³-hybridized carbons (Fsp3) is 0.667. The number of hydrogen-bond acceptors (Lipinski definition) is 7. The number of amides is 1. The van der Waals surface area contributed by atoms with Crippen LogP contribution in [0, 0.1) is 5.92 Å². The van der Waals surface area contributed by atoms with Crippen molar-refractivity contribution in [2.24, 2.45) is 11.7 Å². The highest BCUT2D eigenvalue weighted by Crippen LogP contribution is 2.22. The number of nitrogens with two attached hydrogens (primary N) is 2. The number of nitrogen functional groups attached to an aromatic ring is 1. The minimum atomic E-state index is -0.247. The summed E-state index contributed by atoms with van der Waals surface area (Å²) in [5.41, 5.74) is 11.0. The smallest absolute Gasteiger partial charge is 0.323 e. The molecule has 20 heavy (non-hydrogen) atoms. The van der Waals surface area contributed by atoms with Gasteiger partial charge in [-0.2, -0.15) is 15.0 Å². The topological polar surface area (TPSA) is 120 Å². The highest BCUT2D eigenvalue weighted by Gasteiger charge is 2.25. The Bertz CT molecular complexity index is 485. The second-order valence-corrected chi connectivity index (χ2v) is 5.11. The van der Waals surface area contributed by atoms with Gasteiger partial charge in [0, 0.05) is 19.0 Å². The average molecular weight is 280 g/mol. The van der Waals surface area contributed by atoms with E-state index >= 15 is 0 Å². The lowest BCUT2D eigenvalue weighted by Crippen LogP contribution is -2.39. The van der Waals surface area contributed by atoms with Crippen molar-refractivity contribution in [3.8, 4) is 6.01 Å². The minimum absolute atomic E-state index is 0.0368. The molecule has 1 amide bonds. The standard InChI is InChI=1S/C12H20N6O2/c1-7(2)20-12-16-10(14)15-11(17-12)18-5-3-8(4-6-18)9(13)19/h7-8H,3-6H2,1-2H3,(H2,13,19)(H2,14,15,16,17). The summed E-state index contributed by atoms with van der Waals surface area (Å²) in [6.07, 6.45) is 1.35. The first-order valence-corrected chi connectivity index (χ1v) is 6.68. The lowest BCUT2D eigenvalue weighted by atomic mass is 9.96. The maximum Gasteiger partial charge on any atom is 0.323 e. The van der Waals surface area contributed by atoms with E-state index in [1.54, 1.807) is 0 Å². The predicted octanol–water partition coefficient (Wildman–Crippen LogP) is -0.0573. The molecule has 0 atom stereocenters. The Balaban J connectivity index is 2.09. The number of hydrogen-bond donors (Lipinski definition) is 2. The van der Waals surface area contributed by atoms with Crippen LogP contribution in [0.25, 0.3) is 0 Å². The van der Waals surface area contributed by atoms with Crippen LogP contribution in [-0.2, 0) is 4.79 Å². The molecule has 0 saturated carbocycles. The van der Waals surface area contributed by atoms with Crippen molar-refractivity contribution >= 4 is 17.8 Å². The third kappa shape index (κ3) is 3.46. The van der Waals surface area contributed by atoms with E-state index in [0.717, 1.165) is 0 Å². The SMILES string of the molecule is CC(C)Oc1nc(N)nc(N2CCC(C(N)=O)CC2)n1. The Morgan fingerprint density at radius 2 is 1.95 bits per heavy atom. The van der Waals surface area contributed by atoms with E-state index in [4.69, 9.17) is 16.2 Å². The number of carbonyl (C=O) groups excluding carboxylic acids is 1. The van der Waals surface area contributed by atoms with Crippen molar-refractivity contribution in [2.75, 3.05) is 23.7 Å². The van der Waals surface area contributed by atoms with Crippen molar-refractivity contribution in [2.45, 2.75) is 32.8 Å². The number of rotatable bonds is 4. The number of primary amides is 1. The summed E-state index contributed by atoms with van der Waals surface area (Å²) in [7, 11) is 0. The molecule has 0 radical (unpaired) electrons. The number of nitrogens with zero attached hydrogens (tertiary/aromatic N) is 4. The second-order valence-electron chi connectivity index (χ2n) is 5.11. The summed E-state index contributed by atoms with van der Waals surface area (Å²) < 4.78 is 5.44. The van der Waals surface area contributed by atoms with E-state index in [2.05, 4.69) is 15.0 Å². The Kier molecular flexibility index (Phi) is 4.21. The average Bonchev–Trinajstić information content (AvgIpc) is 2.37. The zero-order valence-electron chi connectivity index (χ0n) is 11.7. The quantitative estimate of drug-likeness (QED) is 0.792. The van der Waals surface area contributed by atoms with Crippen LogP contribution in [0.2, 0.25) is 0 Å². The maximum absolute atomic E-state index is 11.1. The molecule has 4 N–H and O–H groups in total. The largest absolute Gasteiger partial charge is 0.461 e. The van der Waals surface area contributed by atoms with E-state index in [-0.39, 0.29) is 29.9 Å². The first kappa shape index (κ1) is 14.3. The van der Waals surface area contributed by atoms with Gasteiger partial charge in [0.1, 0.15) is 0 Å². The lowest BCUT2D eigenvalue weighted by molar-refractivity contribution is -0.122. The molecule has 1 aromatic heterocycles. The highest BCUT2D eigenvalue weighted by molar-refractivity contribution is 5.76. The fourth-order valence-corrected chi connectivity index (χ4v) is 2.13. The zero-order valence-corrected chi connectivity index (χ0v) is 11.7. The summed E-state index contributed by atoms with van der Waals surface area (Å²) in [4.78, 5) is 25.4. The van der Waals surface area contributed by atoms with E-state index in [9.17, 15) is 4.79 Å². The molecule has 1 aromatic rings. The van der Waals surface area contributed by atoms with Gasteiger partial charge in [-0.1, -0.05) is 0 Å². The second kappa shape index (κ2) is 5.89. The fourth-order valence-electron chi connectivity index (χ4n) is 2.13. The summed E-state index contributed by atoms with van der Waals surface area (Å²) in [6, 6.07) is 0.222. The van der Waals surface area contributed by atoms with Crippen molar-refractivity contribution in [3.63, 3.8) is 0 Å². The van der Waals surface area contributed by atoms with Crippen molar-refractivity contribution < 1.29 is 9.53 Å². The van der Waals surface area contributed by atoms with E-state index in [0.29, 0.717) is 31.9 Å². The van der Waals surface area contributed by atoms with Crippen LogP contribution in [0.1, 0.15) is 26.7 Å². The first-order valence-electron chi connectivity index (χ1n) is 6.68. The van der Waals surface area contributed by atoms with Gasteiger partial charge in [-0.3, -0.25) is 4.79 Å². The summed E-state index contributed by atoms with van der Waals surface area (Å²) in [5, 5.41) is 0. The molecule has 0 aromatic carbocycles. The molecule has 0 spiro atoms. The Hall–Kier alpha value is -2.12. The van der Waals surface area contributed by atoms with Gasteiger partial charge in [-0.25, -0.2) is 0 Å². The molecule has 1 aliphatic heterocycles. The molecular formula is C12H20N6O2. The summed E-state index contributed by atoms with van der Waals surface area (Å²) in [6.45, 7) is 5.10. The molecule has 8 nitrogen and oxygen atoms in total. The van der Waals surface area contributed by atoms with Crippen LogP contribution >= 0.6 is 0 Å². The molecule has 0 unspecified atom stereocenters. The van der Waals surface area contributed by atoms with E-state index in [1.165, 1.54) is 0 Å². The number of aromatic nitrogens is 3. The molecular weight excluding hydrogens is 260 g/mol. The third-order valence-corrected chi connectivity index (χ3v) is 3.14. The predicted molar refractivity (Wildman–Crippen MR) is 74.1 cm³/mol. The maximum atomic E-state index is 11.1. The van der Waals surface area contributed by atoms with Crippen LogP contribution in [-0.4, -0.2) is 40.1 Å². The van der Waals surface area contributed by atoms with Gasteiger partial charge in [-0.15, -0.1) is 0 Å². The third-order valence-electron chi connectivity index (χ3n) is 3.14. The minimum Gasteiger partial charge on any atom is -0.461 e. The normalized spacial score (nSPS) is 16.4.